The molecule has 0 saturated carbocycles. The average Bonchev–Trinajstić information content (AvgIpc) is 3.12. The normalized spacial score (nSPS) is 17.0. The third-order valence-corrected chi connectivity index (χ3v) is 6.34. The number of nitrogens with two attached hydrogens (primary N) is 1. The van der Waals surface area contributed by atoms with Gasteiger partial charge in [0.1, 0.15) is 11.9 Å². The summed E-state index contributed by atoms with van der Waals surface area (Å²) in [5.74, 6) is -1.20. The van der Waals surface area contributed by atoms with E-state index in [4.69, 9.17) is 17.3 Å². The second-order valence-electron chi connectivity index (χ2n) is 7.99. The van der Waals surface area contributed by atoms with E-state index >= 15 is 0 Å². The summed E-state index contributed by atoms with van der Waals surface area (Å²) in [4.78, 5) is 26.7. The van der Waals surface area contributed by atoms with Crippen molar-refractivity contribution >= 4 is 34.3 Å². The van der Waals surface area contributed by atoms with Crippen LogP contribution in [-0.4, -0.2) is 39.5 Å². The van der Waals surface area contributed by atoms with E-state index in [1.807, 2.05) is 0 Å². The maximum atomic E-state index is 14.2. The maximum Gasteiger partial charge on any atom is 0.256 e. The van der Waals surface area contributed by atoms with Gasteiger partial charge < -0.3 is 20.3 Å². The zero-order valence-corrected chi connectivity index (χ0v) is 17.8. The Morgan fingerprint density at radius 1 is 1.19 bits per heavy atom. The van der Waals surface area contributed by atoms with Crippen LogP contribution in [0.3, 0.4) is 0 Å². The number of halogens is 2. The van der Waals surface area contributed by atoms with Gasteiger partial charge in [-0.25, -0.2) is 4.39 Å². The molecule has 1 aromatic heterocycles. The molecule has 0 radical (unpaired) electrons. The lowest BCUT2D eigenvalue weighted by atomic mass is 9.84. The molecule has 6 nitrogen and oxygen atoms in total. The maximum absolute atomic E-state index is 14.2. The van der Waals surface area contributed by atoms with Gasteiger partial charge in [0.2, 0.25) is 5.91 Å². The summed E-state index contributed by atoms with van der Waals surface area (Å²) in [6.07, 6.45) is 2.07. The van der Waals surface area contributed by atoms with Crippen LogP contribution in [0, 0.1) is 5.82 Å². The largest absolute Gasteiger partial charge is 0.385 e. The number of amides is 2. The molecule has 0 spiro atoms. The Morgan fingerprint density at radius 3 is 2.52 bits per heavy atom. The standard InChI is InChI=1S/C23H23ClFN3O3/c1-14(21(26)29)28-13-17(16-7-6-15(24)12-20(16)28)22(30)27-10-8-23(31,9-11-27)18-4-2-3-5-19(18)25/h2-7,12-14,31H,8-11H2,1H3,(H2,26,29). The Balaban J connectivity index is 1.63. The molecule has 0 bridgehead atoms. The number of carbonyl (C=O) groups excluding carboxylic acids is 2. The number of fused-ring (bicyclic) bond motifs is 1. The molecule has 3 aromatic rings. The molecule has 1 unspecified atom stereocenters. The minimum atomic E-state index is -1.32. The highest BCUT2D eigenvalue weighted by molar-refractivity contribution is 6.31. The first-order valence-corrected chi connectivity index (χ1v) is 10.4. The van der Waals surface area contributed by atoms with E-state index in [1.165, 1.54) is 6.07 Å². The van der Waals surface area contributed by atoms with Crippen molar-refractivity contribution in [2.24, 2.45) is 5.73 Å². The average molecular weight is 444 g/mol. The van der Waals surface area contributed by atoms with Crippen molar-refractivity contribution in [2.75, 3.05) is 13.1 Å². The second-order valence-corrected chi connectivity index (χ2v) is 8.43. The summed E-state index contributed by atoms with van der Waals surface area (Å²) in [6.45, 7) is 2.21. The number of primary amides is 1. The van der Waals surface area contributed by atoms with E-state index in [0.717, 1.165) is 0 Å². The molecular weight excluding hydrogens is 421 g/mol. The van der Waals surface area contributed by atoms with Gasteiger partial charge in [0, 0.05) is 35.3 Å². The van der Waals surface area contributed by atoms with Gasteiger partial charge in [-0.05, 0) is 38.0 Å². The molecule has 4 rings (SSSR count). The van der Waals surface area contributed by atoms with Crippen molar-refractivity contribution < 1.29 is 19.1 Å². The van der Waals surface area contributed by atoms with Crippen LogP contribution in [0.4, 0.5) is 4.39 Å². The van der Waals surface area contributed by atoms with Gasteiger partial charge in [-0.1, -0.05) is 35.9 Å². The molecule has 2 amide bonds. The fraction of sp³-hybridized carbons (Fsp3) is 0.304. The van der Waals surface area contributed by atoms with Gasteiger partial charge in [-0.3, -0.25) is 9.59 Å². The Morgan fingerprint density at radius 2 is 1.87 bits per heavy atom. The molecule has 2 aromatic carbocycles. The first kappa shape index (κ1) is 21.3. The Bertz CT molecular complexity index is 1170. The summed E-state index contributed by atoms with van der Waals surface area (Å²) in [7, 11) is 0. The summed E-state index contributed by atoms with van der Waals surface area (Å²) < 4.78 is 15.8. The smallest absolute Gasteiger partial charge is 0.256 e. The van der Waals surface area contributed by atoms with Crippen LogP contribution < -0.4 is 5.73 Å². The fourth-order valence-electron chi connectivity index (χ4n) is 4.21. The zero-order valence-electron chi connectivity index (χ0n) is 17.0. The van der Waals surface area contributed by atoms with Crippen LogP contribution in [0.1, 0.15) is 41.7 Å². The predicted octanol–water partition coefficient (Wildman–Crippen LogP) is 3.60. The number of carbonyl (C=O) groups is 2. The number of piperidine rings is 1. The highest BCUT2D eigenvalue weighted by Crippen LogP contribution is 2.35. The number of hydrogen-bond acceptors (Lipinski definition) is 3. The highest BCUT2D eigenvalue weighted by Gasteiger charge is 2.38. The first-order chi connectivity index (χ1) is 14.7. The quantitative estimate of drug-likeness (QED) is 0.645. The number of rotatable bonds is 4. The molecule has 1 saturated heterocycles. The Hall–Kier alpha value is -2.90. The molecule has 162 valence electrons. The molecule has 1 atom stereocenters. The summed E-state index contributed by atoms with van der Waals surface area (Å²) in [5.41, 5.74) is 5.48. The van der Waals surface area contributed by atoms with Crippen molar-refractivity contribution in [3.8, 4) is 0 Å². The van der Waals surface area contributed by atoms with Crippen LogP contribution in [0.5, 0.6) is 0 Å². The van der Waals surface area contributed by atoms with Crippen molar-refractivity contribution in [3.63, 3.8) is 0 Å². The van der Waals surface area contributed by atoms with Crippen LogP contribution in [-0.2, 0) is 10.4 Å². The topological polar surface area (TPSA) is 88.6 Å². The molecule has 1 fully saturated rings. The Labute approximate surface area is 184 Å². The molecule has 8 heteroatoms. The second kappa shape index (κ2) is 7.98. The molecular formula is C23H23ClFN3O3. The lowest BCUT2D eigenvalue weighted by molar-refractivity contribution is -0.120. The SMILES string of the molecule is CC(C(N)=O)n1cc(C(=O)N2CCC(O)(c3ccccc3F)CC2)c2ccc(Cl)cc21. The van der Waals surface area contributed by atoms with Crippen molar-refractivity contribution in [2.45, 2.75) is 31.4 Å². The number of likely N-dealkylation sites (tertiary alicyclic amines) is 1. The van der Waals surface area contributed by atoms with Gasteiger partial charge in [-0.2, -0.15) is 0 Å². The third kappa shape index (κ3) is 3.79. The molecule has 1 aliphatic heterocycles. The van der Waals surface area contributed by atoms with E-state index < -0.39 is 23.4 Å². The lowest BCUT2D eigenvalue weighted by Crippen LogP contribution is -2.45. The molecule has 0 aliphatic carbocycles. The lowest BCUT2D eigenvalue weighted by Gasteiger charge is -2.38. The van der Waals surface area contributed by atoms with Crippen LogP contribution in [0.25, 0.3) is 10.9 Å². The third-order valence-electron chi connectivity index (χ3n) is 6.11. The van der Waals surface area contributed by atoms with Gasteiger partial charge in [0.15, 0.2) is 0 Å². The van der Waals surface area contributed by atoms with Crippen molar-refractivity contribution in [3.05, 3.63) is 70.6 Å². The highest BCUT2D eigenvalue weighted by atomic mass is 35.5. The number of hydrogen-bond donors (Lipinski definition) is 2. The summed E-state index contributed by atoms with van der Waals surface area (Å²) in [6, 6.07) is 10.6. The fourth-order valence-corrected chi connectivity index (χ4v) is 4.38. The number of nitrogens with zero attached hydrogens (tertiary/aromatic N) is 2. The Kier molecular flexibility index (Phi) is 5.49. The van der Waals surface area contributed by atoms with Crippen LogP contribution in [0.15, 0.2) is 48.7 Å². The zero-order chi connectivity index (χ0) is 22.3. The minimum Gasteiger partial charge on any atom is -0.385 e. The van der Waals surface area contributed by atoms with E-state index in [0.29, 0.717) is 21.5 Å². The van der Waals surface area contributed by atoms with Crippen LogP contribution in [0.2, 0.25) is 5.02 Å². The van der Waals surface area contributed by atoms with E-state index in [2.05, 4.69) is 0 Å². The molecule has 31 heavy (non-hydrogen) atoms. The summed E-state index contributed by atoms with van der Waals surface area (Å²) in [5, 5.41) is 12.1. The predicted molar refractivity (Wildman–Crippen MR) is 116 cm³/mol. The van der Waals surface area contributed by atoms with Gasteiger partial charge in [-0.15, -0.1) is 0 Å². The molecule has 3 N–H and O–H groups in total. The minimum absolute atomic E-state index is 0.224. The molecule has 1 aliphatic rings. The van der Waals surface area contributed by atoms with Gasteiger partial charge in [0.25, 0.3) is 5.91 Å². The van der Waals surface area contributed by atoms with Gasteiger partial charge in [0.05, 0.1) is 16.7 Å². The van der Waals surface area contributed by atoms with Crippen molar-refractivity contribution in [1.82, 2.24) is 9.47 Å². The van der Waals surface area contributed by atoms with Crippen molar-refractivity contribution in [1.29, 1.82) is 0 Å². The number of aromatic nitrogens is 1. The first-order valence-electron chi connectivity index (χ1n) is 10.1. The summed E-state index contributed by atoms with van der Waals surface area (Å²) >= 11 is 6.13. The number of aliphatic hydroxyl groups is 1. The monoisotopic (exact) mass is 443 g/mol. The van der Waals surface area contributed by atoms with E-state index in [-0.39, 0.29) is 37.4 Å². The van der Waals surface area contributed by atoms with E-state index in [9.17, 15) is 19.1 Å². The van der Waals surface area contributed by atoms with E-state index in [1.54, 1.807) is 59.0 Å². The van der Waals surface area contributed by atoms with Crippen LogP contribution >= 0.6 is 11.6 Å². The number of benzene rings is 2. The molecule has 2 heterocycles. The van der Waals surface area contributed by atoms with Gasteiger partial charge >= 0.3 is 0 Å².